The second-order valence-electron chi connectivity index (χ2n) is 7.01. The molecule has 3 aromatic heterocycles. The fraction of sp³-hybridized carbons (Fsp3) is 0.421. The van der Waals surface area contributed by atoms with Crippen LogP contribution in [0.1, 0.15) is 36.0 Å². The smallest absolute Gasteiger partial charge is 0.150 e. The van der Waals surface area contributed by atoms with Crippen LogP contribution in [0.3, 0.4) is 0 Å². The number of hydrogen-bond acceptors (Lipinski definition) is 7. The summed E-state index contributed by atoms with van der Waals surface area (Å²) in [4.78, 5) is 24.3. The average Bonchev–Trinajstić information content (AvgIpc) is 3.07. The summed E-state index contributed by atoms with van der Waals surface area (Å²) in [6, 6.07) is 2.04. The predicted molar refractivity (Wildman–Crippen MR) is 103 cm³/mol. The Bertz CT molecular complexity index is 892. The van der Waals surface area contributed by atoms with Crippen molar-refractivity contribution in [1.29, 1.82) is 0 Å². The molecule has 1 N–H and O–H groups in total. The molecule has 1 saturated heterocycles. The van der Waals surface area contributed by atoms with Gasteiger partial charge in [0.15, 0.2) is 0 Å². The van der Waals surface area contributed by atoms with Gasteiger partial charge in [-0.15, -0.1) is 0 Å². The fourth-order valence-corrected chi connectivity index (χ4v) is 3.57. The maximum atomic E-state index is 4.72. The van der Waals surface area contributed by atoms with E-state index in [4.69, 9.17) is 4.98 Å². The Morgan fingerprint density at radius 1 is 1.15 bits per heavy atom. The van der Waals surface area contributed by atoms with E-state index >= 15 is 0 Å². The first-order valence-electron chi connectivity index (χ1n) is 9.23. The molecule has 0 aromatic carbocycles. The zero-order chi connectivity index (χ0) is 18.6. The van der Waals surface area contributed by atoms with Gasteiger partial charge in [0.1, 0.15) is 17.5 Å². The molecule has 0 saturated carbocycles. The molecule has 0 aliphatic carbocycles. The third kappa shape index (κ3) is 4.28. The number of piperidine rings is 1. The average molecular weight is 364 g/mol. The Hall–Kier alpha value is -2.87. The molecule has 0 radical (unpaired) electrons. The van der Waals surface area contributed by atoms with E-state index in [0.29, 0.717) is 11.7 Å². The third-order valence-corrected chi connectivity index (χ3v) is 4.90. The van der Waals surface area contributed by atoms with Crippen molar-refractivity contribution in [3.63, 3.8) is 0 Å². The van der Waals surface area contributed by atoms with Gasteiger partial charge in [-0.3, -0.25) is 9.88 Å². The van der Waals surface area contributed by atoms with Crippen molar-refractivity contribution < 1.29 is 0 Å². The first-order valence-corrected chi connectivity index (χ1v) is 9.23. The first kappa shape index (κ1) is 17.5. The van der Waals surface area contributed by atoms with Crippen molar-refractivity contribution in [2.45, 2.75) is 32.2 Å². The summed E-state index contributed by atoms with van der Waals surface area (Å²) >= 11 is 0. The van der Waals surface area contributed by atoms with Crippen LogP contribution in [0.4, 0.5) is 11.6 Å². The zero-order valence-electron chi connectivity index (χ0n) is 15.7. The van der Waals surface area contributed by atoms with E-state index in [1.165, 1.54) is 12.1 Å². The summed E-state index contributed by atoms with van der Waals surface area (Å²) in [5.74, 6) is 2.61. The van der Waals surface area contributed by atoms with Gasteiger partial charge in [-0.2, -0.15) is 0 Å². The molecular formula is C19H24N8. The van der Waals surface area contributed by atoms with Gasteiger partial charge in [0.25, 0.3) is 0 Å². The molecule has 1 atom stereocenters. The van der Waals surface area contributed by atoms with Crippen LogP contribution in [0, 0.1) is 6.92 Å². The Labute approximate surface area is 158 Å². The van der Waals surface area contributed by atoms with Gasteiger partial charge >= 0.3 is 0 Å². The molecule has 0 bridgehead atoms. The largest absolute Gasteiger partial charge is 0.337 e. The standard InChI is InChI=1S/C19H24N8/c1-14-23-17(8-18(24-14)25-19-10-20-5-6-22-19)15-4-3-7-27(11-15)12-16-9-21-13-26(16)2/h5-6,8-10,13,15H,3-4,7,11-12H2,1-2H3,(H,22,23,24,25)/t15-/m0/s1. The van der Waals surface area contributed by atoms with Crippen LogP contribution in [0.25, 0.3) is 0 Å². The number of nitrogens with zero attached hydrogens (tertiary/aromatic N) is 7. The molecular weight excluding hydrogens is 340 g/mol. The summed E-state index contributed by atoms with van der Waals surface area (Å²) in [7, 11) is 2.04. The molecule has 0 spiro atoms. The van der Waals surface area contributed by atoms with E-state index < -0.39 is 0 Å². The fourth-order valence-electron chi connectivity index (χ4n) is 3.57. The maximum absolute atomic E-state index is 4.72. The van der Waals surface area contributed by atoms with E-state index in [0.717, 1.165) is 43.4 Å². The normalized spacial score (nSPS) is 17.8. The lowest BCUT2D eigenvalue weighted by Gasteiger charge is -2.32. The SMILES string of the molecule is Cc1nc(Nc2cnccn2)cc([C@H]2CCCN(Cc3cncn3C)C2)n1. The van der Waals surface area contributed by atoms with Gasteiger partial charge in [-0.05, 0) is 26.3 Å². The molecule has 27 heavy (non-hydrogen) atoms. The summed E-state index contributed by atoms with van der Waals surface area (Å²) in [5, 5.41) is 3.23. The van der Waals surface area contributed by atoms with E-state index in [-0.39, 0.29) is 0 Å². The van der Waals surface area contributed by atoms with Crippen LogP contribution in [-0.2, 0) is 13.6 Å². The molecule has 140 valence electrons. The number of imidazole rings is 1. The highest BCUT2D eigenvalue weighted by Crippen LogP contribution is 2.28. The molecule has 1 aliphatic rings. The van der Waals surface area contributed by atoms with Gasteiger partial charge in [0.2, 0.25) is 0 Å². The van der Waals surface area contributed by atoms with E-state index in [1.54, 1.807) is 18.6 Å². The number of anilines is 2. The Morgan fingerprint density at radius 3 is 2.85 bits per heavy atom. The van der Waals surface area contributed by atoms with Crippen molar-refractivity contribution in [2.75, 3.05) is 18.4 Å². The van der Waals surface area contributed by atoms with Gasteiger partial charge in [0, 0.05) is 50.7 Å². The molecule has 4 rings (SSSR count). The number of rotatable bonds is 5. The van der Waals surface area contributed by atoms with Crippen LogP contribution in [0.2, 0.25) is 0 Å². The van der Waals surface area contributed by atoms with Gasteiger partial charge in [0.05, 0.1) is 23.9 Å². The maximum Gasteiger partial charge on any atom is 0.150 e. The number of nitrogens with one attached hydrogen (secondary N) is 1. The van der Waals surface area contributed by atoms with Crippen LogP contribution >= 0.6 is 0 Å². The van der Waals surface area contributed by atoms with Crippen LogP contribution < -0.4 is 5.32 Å². The molecule has 3 aromatic rings. The highest BCUT2D eigenvalue weighted by atomic mass is 15.2. The van der Waals surface area contributed by atoms with Crippen LogP contribution in [-0.4, -0.2) is 47.5 Å². The minimum absolute atomic E-state index is 0.399. The topological polar surface area (TPSA) is 84.7 Å². The number of hydrogen-bond donors (Lipinski definition) is 1. The van der Waals surface area contributed by atoms with E-state index in [2.05, 4.69) is 34.7 Å². The van der Waals surface area contributed by atoms with Crippen molar-refractivity contribution in [2.24, 2.45) is 7.05 Å². The van der Waals surface area contributed by atoms with Crippen molar-refractivity contribution in [3.05, 3.63) is 54.4 Å². The number of aryl methyl sites for hydroxylation is 2. The quantitative estimate of drug-likeness (QED) is 0.744. The van der Waals surface area contributed by atoms with Gasteiger partial charge in [-0.25, -0.2) is 19.9 Å². The van der Waals surface area contributed by atoms with Crippen LogP contribution in [0.15, 0.2) is 37.2 Å². The predicted octanol–water partition coefficient (Wildman–Crippen LogP) is 2.43. The Morgan fingerprint density at radius 2 is 2.07 bits per heavy atom. The number of likely N-dealkylation sites (tertiary alicyclic amines) is 1. The molecule has 8 nitrogen and oxygen atoms in total. The van der Waals surface area contributed by atoms with E-state index in [9.17, 15) is 0 Å². The zero-order valence-corrected chi connectivity index (χ0v) is 15.7. The van der Waals surface area contributed by atoms with Crippen molar-refractivity contribution >= 4 is 11.6 Å². The molecule has 0 amide bonds. The summed E-state index contributed by atoms with van der Waals surface area (Å²) in [6.07, 6.45) is 11.1. The van der Waals surface area contributed by atoms with E-state index in [1.807, 2.05) is 32.6 Å². The summed E-state index contributed by atoms with van der Waals surface area (Å²) in [5.41, 5.74) is 2.32. The second kappa shape index (κ2) is 7.79. The Kier molecular flexibility index (Phi) is 5.06. The molecule has 1 aliphatic heterocycles. The lowest BCUT2D eigenvalue weighted by molar-refractivity contribution is 0.195. The molecule has 1 fully saturated rings. The lowest BCUT2D eigenvalue weighted by atomic mass is 9.94. The highest BCUT2D eigenvalue weighted by molar-refractivity contribution is 5.50. The summed E-state index contributed by atoms with van der Waals surface area (Å²) in [6.45, 7) is 4.95. The highest BCUT2D eigenvalue weighted by Gasteiger charge is 2.24. The Balaban J connectivity index is 1.49. The minimum atomic E-state index is 0.399. The molecule has 8 heteroatoms. The number of aromatic nitrogens is 6. The van der Waals surface area contributed by atoms with Gasteiger partial charge < -0.3 is 9.88 Å². The van der Waals surface area contributed by atoms with Crippen LogP contribution in [0.5, 0.6) is 0 Å². The monoisotopic (exact) mass is 364 g/mol. The molecule has 0 unspecified atom stereocenters. The van der Waals surface area contributed by atoms with Gasteiger partial charge in [-0.1, -0.05) is 0 Å². The first-order chi connectivity index (χ1) is 13.2. The summed E-state index contributed by atoms with van der Waals surface area (Å²) < 4.78 is 2.08. The van der Waals surface area contributed by atoms with Crippen molar-refractivity contribution in [3.8, 4) is 0 Å². The third-order valence-electron chi connectivity index (χ3n) is 4.90. The van der Waals surface area contributed by atoms with Crippen molar-refractivity contribution in [1.82, 2.24) is 34.4 Å². The lowest BCUT2D eigenvalue weighted by Crippen LogP contribution is -2.34. The minimum Gasteiger partial charge on any atom is -0.337 e. The molecule has 4 heterocycles. The second-order valence-corrected chi connectivity index (χ2v) is 7.01.